The molecule has 6 rings (SSSR count). The molecule has 0 saturated carbocycles. The number of pyridine rings is 1. The molecule has 1 spiro atoms. The Bertz CT molecular complexity index is 1990. The van der Waals surface area contributed by atoms with Gasteiger partial charge in [0.15, 0.2) is 11.3 Å². The average molecular weight is 754 g/mol. The van der Waals surface area contributed by atoms with Gasteiger partial charge in [-0.3, -0.25) is 9.59 Å². The zero-order valence-corrected chi connectivity index (χ0v) is 32.1. The SMILES string of the molecule is CCC(CC(CC(C)c1ccccc1)C(N)=O)C(=O)OCCCCCCOc1ccc2c(c1)Oc1cc(N(C)C)c(Cl)cc1C21OC(=O)c2ncccc21. The number of primary amides is 1. The number of carbonyl (C=O) groups excluding carboxylic acids is 3. The van der Waals surface area contributed by atoms with Gasteiger partial charge in [-0.15, -0.1) is 0 Å². The fraction of sp³-hybridized carbons (Fsp3) is 0.395. The molecule has 1 amide bonds. The van der Waals surface area contributed by atoms with Gasteiger partial charge in [-0.1, -0.05) is 61.8 Å². The molecule has 0 radical (unpaired) electrons. The number of nitrogens with zero attached hydrogens (tertiary/aromatic N) is 2. The number of aromatic nitrogens is 1. The van der Waals surface area contributed by atoms with Crippen molar-refractivity contribution in [1.82, 2.24) is 4.98 Å². The standard InChI is InChI=1S/C43H48ClN3O7/c1-5-28(23-30(40(45)48)22-27(2)29-14-9-8-10-15-29)41(49)52-21-12-7-6-11-20-51-31-17-18-32-37(24-31)53-38-26-36(47(3)4)35(44)25-34(38)43(32)33-16-13-19-46-39(33)42(50)54-43/h8-10,13-19,24-28,30H,5-7,11-12,20-23H2,1-4H3,(H2,45,48). The number of carbonyl (C=O) groups is 3. The lowest BCUT2D eigenvalue weighted by Crippen LogP contribution is -2.33. The predicted molar refractivity (Wildman–Crippen MR) is 207 cm³/mol. The molecule has 11 heteroatoms. The van der Waals surface area contributed by atoms with Crippen LogP contribution in [-0.4, -0.2) is 50.1 Å². The third-order valence-electron chi connectivity index (χ3n) is 10.4. The first-order chi connectivity index (χ1) is 26.0. The topological polar surface area (TPSA) is 130 Å². The highest BCUT2D eigenvalue weighted by molar-refractivity contribution is 6.33. The van der Waals surface area contributed by atoms with E-state index in [0.29, 0.717) is 71.4 Å². The Kier molecular flexibility index (Phi) is 12.1. The molecule has 4 unspecified atom stereocenters. The average Bonchev–Trinajstić information content (AvgIpc) is 3.46. The summed E-state index contributed by atoms with van der Waals surface area (Å²) in [5, 5.41) is 0.500. The van der Waals surface area contributed by atoms with E-state index in [9.17, 15) is 14.4 Å². The number of unbranched alkanes of at least 4 members (excludes halogenated alkanes) is 3. The van der Waals surface area contributed by atoms with E-state index in [4.69, 9.17) is 36.3 Å². The largest absolute Gasteiger partial charge is 0.493 e. The Morgan fingerprint density at radius 3 is 2.35 bits per heavy atom. The van der Waals surface area contributed by atoms with Gasteiger partial charge in [-0.2, -0.15) is 0 Å². The molecule has 10 nitrogen and oxygen atoms in total. The number of hydrogen-bond donors (Lipinski definition) is 1. The summed E-state index contributed by atoms with van der Waals surface area (Å²) in [4.78, 5) is 44.6. The van der Waals surface area contributed by atoms with E-state index in [2.05, 4.69) is 11.9 Å². The maximum atomic E-state index is 13.1. The van der Waals surface area contributed by atoms with Crippen molar-refractivity contribution in [2.24, 2.45) is 17.6 Å². The number of hydrogen-bond acceptors (Lipinski definition) is 9. The number of nitrogens with two attached hydrogens (primary N) is 1. The zero-order chi connectivity index (χ0) is 38.4. The molecule has 284 valence electrons. The Balaban J connectivity index is 1.00. The highest BCUT2D eigenvalue weighted by Gasteiger charge is 2.54. The van der Waals surface area contributed by atoms with Crippen molar-refractivity contribution in [2.75, 3.05) is 32.2 Å². The summed E-state index contributed by atoms with van der Waals surface area (Å²) in [6.07, 6.45) is 6.43. The number of rotatable bonds is 17. The summed E-state index contributed by atoms with van der Waals surface area (Å²) in [6.45, 7) is 4.83. The molecule has 2 aliphatic rings. The van der Waals surface area contributed by atoms with Crippen molar-refractivity contribution >= 4 is 35.1 Å². The molecule has 0 saturated heterocycles. The van der Waals surface area contributed by atoms with Gasteiger partial charge >= 0.3 is 11.9 Å². The molecule has 2 N–H and O–H groups in total. The summed E-state index contributed by atoms with van der Waals surface area (Å²) in [6, 6.07) is 22.8. The lowest BCUT2D eigenvalue weighted by molar-refractivity contribution is -0.149. The van der Waals surface area contributed by atoms with Crippen LogP contribution in [0.3, 0.4) is 0 Å². The second-order valence-corrected chi connectivity index (χ2v) is 14.7. The van der Waals surface area contributed by atoms with Crippen LogP contribution < -0.4 is 20.1 Å². The van der Waals surface area contributed by atoms with Gasteiger partial charge in [0.2, 0.25) is 5.91 Å². The molecule has 3 aromatic carbocycles. The molecule has 1 aromatic heterocycles. The molecule has 0 fully saturated rings. The van der Waals surface area contributed by atoms with Crippen molar-refractivity contribution in [3.8, 4) is 17.2 Å². The third-order valence-corrected chi connectivity index (χ3v) is 10.7. The van der Waals surface area contributed by atoms with E-state index in [1.165, 1.54) is 0 Å². The number of esters is 2. The number of halogens is 1. The molecule has 4 atom stereocenters. The summed E-state index contributed by atoms with van der Waals surface area (Å²) >= 11 is 6.72. The third kappa shape index (κ3) is 8.04. The van der Waals surface area contributed by atoms with E-state index in [0.717, 1.165) is 36.9 Å². The van der Waals surface area contributed by atoms with Crippen molar-refractivity contribution < 1.29 is 33.3 Å². The van der Waals surface area contributed by atoms with Gasteiger partial charge in [0.1, 0.15) is 17.2 Å². The Morgan fingerprint density at radius 2 is 1.63 bits per heavy atom. The van der Waals surface area contributed by atoms with E-state index in [1.54, 1.807) is 18.3 Å². The first-order valence-electron chi connectivity index (χ1n) is 18.7. The van der Waals surface area contributed by atoms with Gasteiger partial charge in [-0.25, -0.2) is 9.78 Å². The van der Waals surface area contributed by atoms with Crippen molar-refractivity contribution in [3.05, 3.63) is 112 Å². The van der Waals surface area contributed by atoms with E-state index in [1.807, 2.05) is 86.6 Å². The van der Waals surface area contributed by atoms with Gasteiger partial charge in [0, 0.05) is 55.0 Å². The van der Waals surface area contributed by atoms with E-state index >= 15 is 0 Å². The van der Waals surface area contributed by atoms with Gasteiger partial charge in [0.05, 0.1) is 29.8 Å². The van der Waals surface area contributed by atoms with E-state index < -0.39 is 17.5 Å². The fourth-order valence-electron chi connectivity index (χ4n) is 7.46. The van der Waals surface area contributed by atoms with Crippen LogP contribution in [0, 0.1) is 11.8 Å². The molecular weight excluding hydrogens is 706 g/mol. The van der Waals surface area contributed by atoms with E-state index in [-0.39, 0.29) is 29.4 Å². The predicted octanol–water partition coefficient (Wildman–Crippen LogP) is 8.56. The summed E-state index contributed by atoms with van der Waals surface area (Å²) < 4.78 is 24.4. The second kappa shape index (κ2) is 16.9. The number of fused-ring (bicyclic) bond motifs is 6. The zero-order valence-electron chi connectivity index (χ0n) is 31.3. The van der Waals surface area contributed by atoms with Gasteiger partial charge in [-0.05, 0) is 80.7 Å². The minimum atomic E-state index is -1.28. The Labute approximate surface area is 321 Å². The van der Waals surface area contributed by atoms with Crippen LogP contribution in [0.25, 0.3) is 0 Å². The van der Waals surface area contributed by atoms with Crippen LogP contribution in [0.1, 0.15) is 97.5 Å². The minimum absolute atomic E-state index is 0.150. The highest BCUT2D eigenvalue weighted by atomic mass is 35.5. The van der Waals surface area contributed by atoms with Crippen molar-refractivity contribution in [2.45, 2.75) is 70.3 Å². The van der Waals surface area contributed by atoms with Crippen LogP contribution in [0.15, 0.2) is 79.0 Å². The first-order valence-corrected chi connectivity index (χ1v) is 19.1. The molecular formula is C43H48ClN3O7. The number of amides is 1. The number of anilines is 1. The molecule has 0 aliphatic carbocycles. The van der Waals surface area contributed by atoms with Crippen LogP contribution in [-0.2, 0) is 24.7 Å². The molecule has 4 aromatic rings. The Morgan fingerprint density at radius 1 is 0.889 bits per heavy atom. The van der Waals surface area contributed by atoms with Gasteiger partial charge in [0.25, 0.3) is 0 Å². The lowest BCUT2D eigenvalue weighted by atomic mass is 9.78. The van der Waals surface area contributed by atoms with Crippen LogP contribution in [0.2, 0.25) is 5.02 Å². The summed E-state index contributed by atoms with van der Waals surface area (Å²) in [7, 11) is 3.79. The Hall–Kier alpha value is -5.09. The maximum Gasteiger partial charge on any atom is 0.358 e. The molecule has 3 heterocycles. The van der Waals surface area contributed by atoms with Crippen molar-refractivity contribution in [1.29, 1.82) is 0 Å². The normalized spacial score (nSPS) is 16.9. The quantitative estimate of drug-likeness (QED) is 0.0833. The first kappa shape index (κ1) is 38.6. The minimum Gasteiger partial charge on any atom is -0.493 e. The smallest absolute Gasteiger partial charge is 0.358 e. The maximum absolute atomic E-state index is 13.1. The second-order valence-electron chi connectivity index (χ2n) is 14.3. The molecule has 0 bridgehead atoms. The fourth-order valence-corrected chi connectivity index (χ4v) is 7.79. The van der Waals surface area contributed by atoms with Gasteiger partial charge < -0.3 is 29.6 Å². The van der Waals surface area contributed by atoms with Crippen LogP contribution in [0.4, 0.5) is 5.69 Å². The van der Waals surface area contributed by atoms with Crippen LogP contribution in [0.5, 0.6) is 17.2 Å². The van der Waals surface area contributed by atoms with Crippen molar-refractivity contribution in [3.63, 3.8) is 0 Å². The highest BCUT2D eigenvalue weighted by Crippen LogP contribution is 2.57. The summed E-state index contributed by atoms with van der Waals surface area (Å²) in [5.74, 6) is -0.136. The molecule has 2 aliphatic heterocycles. The summed E-state index contributed by atoms with van der Waals surface area (Å²) in [5.41, 5.74) is 8.56. The number of benzene rings is 3. The lowest BCUT2D eigenvalue weighted by Gasteiger charge is -2.37. The molecule has 54 heavy (non-hydrogen) atoms. The number of ether oxygens (including phenoxy) is 4. The van der Waals surface area contributed by atoms with Crippen LogP contribution >= 0.6 is 11.6 Å². The monoisotopic (exact) mass is 753 g/mol.